The molecule has 37 heavy (non-hydrogen) atoms. The zero-order valence-corrected chi connectivity index (χ0v) is 20.6. The number of aliphatic hydroxyl groups excluding tert-OH is 7. The first-order valence-corrected chi connectivity index (χ1v) is 12.4. The molecule has 16 heteroatoms. The van der Waals surface area contributed by atoms with Crippen LogP contribution in [0.25, 0.3) is 0 Å². The van der Waals surface area contributed by atoms with Crippen LogP contribution in [0, 0.1) is 0 Å². The summed E-state index contributed by atoms with van der Waals surface area (Å²) in [6, 6.07) is -4.16. The van der Waals surface area contributed by atoms with Crippen LogP contribution in [0.3, 0.4) is 0 Å². The molecular weight excluding hydrogens is 498 g/mol. The predicted octanol–water partition coefficient (Wildman–Crippen LogP) is -6.97. The minimum atomic E-state index is -1.94. The Morgan fingerprint density at radius 2 is 1.57 bits per heavy atom. The van der Waals surface area contributed by atoms with E-state index in [1.807, 2.05) is 0 Å². The number of nitrogens with two attached hydrogens (primary N) is 4. The van der Waals surface area contributed by atoms with E-state index in [0.717, 1.165) is 0 Å². The number of hydrogen-bond donors (Lipinski definition) is 12. The molecule has 1 saturated carbocycles. The maximum Gasteiger partial charge on any atom is 0.186 e. The van der Waals surface area contributed by atoms with Crippen molar-refractivity contribution in [1.29, 1.82) is 0 Å². The third-order valence-electron chi connectivity index (χ3n) is 7.35. The normalized spacial score (nSPS) is 46.1. The van der Waals surface area contributed by atoms with Gasteiger partial charge in [-0.15, -0.1) is 0 Å². The Hall–Kier alpha value is -0.640. The van der Waals surface area contributed by atoms with Crippen molar-refractivity contribution in [2.24, 2.45) is 22.9 Å². The van der Waals surface area contributed by atoms with Crippen LogP contribution in [0.15, 0.2) is 0 Å². The highest BCUT2D eigenvalue weighted by molar-refractivity contribution is 5.01. The molecule has 2 saturated heterocycles. The van der Waals surface area contributed by atoms with Gasteiger partial charge in [0.1, 0.15) is 30.5 Å². The van der Waals surface area contributed by atoms with Crippen molar-refractivity contribution >= 4 is 0 Å². The number of aliphatic hydroxyl groups is 7. The van der Waals surface area contributed by atoms with Crippen molar-refractivity contribution in [1.82, 2.24) is 5.32 Å². The first kappa shape index (κ1) is 30.9. The second-order valence-electron chi connectivity index (χ2n) is 10.0. The minimum absolute atomic E-state index is 0.0144. The highest BCUT2D eigenvalue weighted by atomic mass is 16.8. The summed E-state index contributed by atoms with van der Waals surface area (Å²) in [4.78, 5) is 0. The maximum atomic E-state index is 11.0. The highest BCUT2D eigenvalue weighted by Crippen LogP contribution is 2.34. The Morgan fingerprint density at radius 3 is 2.19 bits per heavy atom. The fraction of sp³-hybridized carbons (Fsp3) is 1.00. The van der Waals surface area contributed by atoms with E-state index in [4.69, 9.17) is 47.0 Å². The molecule has 3 aliphatic rings. The zero-order valence-electron chi connectivity index (χ0n) is 20.6. The molecule has 3 fully saturated rings. The van der Waals surface area contributed by atoms with Gasteiger partial charge < -0.3 is 82.9 Å². The van der Waals surface area contributed by atoms with Crippen LogP contribution in [-0.4, -0.2) is 147 Å². The molecule has 0 radical (unpaired) electrons. The van der Waals surface area contributed by atoms with Gasteiger partial charge in [0.05, 0.1) is 30.4 Å². The van der Waals surface area contributed by atoms with Gasteiger partial charge in [0.15, 0.2) is 18.9 Å². The third kappa shape index (κ3) is 6.75. The molecule has 0 aromatic rings. The molecule has 0 aromatic heterocycles. The SMILES string of the molecule is CNC1C(O[C@@H](O)C(O)C(O)[C@H](N)CCO)O[C@H]2CC(N)[C@@H](O[C@@H]3C(N)C[C@@H](N)C(O)C3O)OC2C1O. The van der Waals surface area contributed by atoms with Crippen LogP contribution < -0.4 is 28.3 Å². The number of nitrogens with one attached hydrogen (secondary N) is 1. The second-order valence-corrected chi connectivity index (χ2v) is 10.0. The molecule has 218 valence electrons. The summed E-state index contributed by atoms with van der Waals surface area (Å²) in [5.41, 5.74) is 23.8. The van der Waals surface area contributed by atoms with Crippen LogP contribution in [0.2, 0.25) is 0 Å². The first-order chi connectivity index (χ1) is 17.4. The van der Waals surface area contributed by atoms with Crippen LogP contribution in [0.5, 0.6) is 0 Å². The Kier molecular flexibility index (Phi) is 11.0. The average molecular weight is 542 g/mol. The monoisotopic (exact) mass is 541 g/mol. The van der Waals surface area contributed by atoms with E-state index in [1.165, 1.54) is 7.05 Å². The highest BCUT2D eigenvalue weighted by Gasteiger charge is 2.53. The van der Waals surface area contributed by atoms with Crippen molar-refractivity contribution in [3.05, 3.63) is 0 Å². The van der Waals surface area contributed by atoms with E-state index < -0.39 is 97.9 Å². The van der Waals surface area contributed by atoms with Crippen molar-refractivity contribution in [3.63, 3.8) is 0 Å². The molecular formula is C21H43N5O11. The van der Waals surface area contributed by atoms with Crippen molar-refractivity contribution in [2.75, 3.05) is 13.7 Å². The number of rotatable bonds is 10. The fourth-order valence-electron chi connectivity index (χ4n) is 5.05. The molecule has 0 amide bonds. The number of likely N-dealkylation sites (N-methyl/N-ethyl adjacent to an activating group) is 1. The van der Waals surface area contributed by atoms with Gasteiger partial charge in [-0.2, -0.15) is 0 Å². The minimum Gasteiger partial charge on any atom is -0.396 e. The average Bonchev–Trinajstić information content (AvgIpc) is 2.85. The lowest BCUT2D eigenvalue weighted by Crippen LogP contribution is -2.69. The van der Waals surface area contributed by atoms with Crippen LogP contribution in [0.1, 0.15) is 19.3 Å². The molecule has 2 heterocycles. The quantitative estimate of drug-likeness (QED) is 0.114. The molecule has 3 rings (SSSR count). The zero-order chi connectivity index (χ0) is 27.6. The summed E-state index contributed by atoms with van der Waals surface area (Å²) in [6.45, 7) is -0.324. The van der Waals surface area contributed by atoms with Gasteiger partial charge in [0.25, 0.3) is 0 Å². The molecule has 2 aliphatic heterocycles. The van der Waals surface area contributed by atoms with E-state index >= 15 is 0 Å². The van der Waals surface area contributed by atoms with Crippen molar-refractivity contribution in [3.8, 4) is 0 Å². The molecule has 1 aliphatic carbocycles. The summed E-state index contributed by atoms with van der Waals surface area (Å²) in [5.74, 6) is 0. The smallest absolute Gasteiger partial charge is 0.186 e. The Balaban J connectivity index is 1.65. The molecule has 16 atom stereocenters. The van der Waals surface area contributed by atoms with Crippen LogP contribution in [-0.2, 0) is 18.9 Å². The summed E-state index contributed by atoms with van der Waals surface area (Å²) in [7, 11) is 1.51. The van der Waals surface area contributed by atoms with Gasteiger partial charge in [0, 0.05) is 24.7 Å². The van der Waals surface area contributed by atoms with Gasteiger partial charge in [-0.05, 0) is 26.3 Å². The van der Waals surface area contributed by atoms with Crippen molar-refractivity contribution in [2.45, 2.75) is 117 Å². The van der Waals surface area contributed by atoms with Gasteiger partial charge in [-0.3, -0.25) is 0 Å². The number of hydrogen-bond acceptors (Lipinski definition) is 16. The Morgan fingerprint density at radius 1 is 0.892 bits per heavy atom. The molecule has 0 aromatic carbocycles. The number of fused-ring (bicyclic) bond motifs is 1. The van der Waals surface area contributed by atoms with Crippen LogP contribution >= 0.6 is 0 Å². The topological polar surface area (TPSA) is 295 Å². The van der Waals surface area contributed by atoms with E-state index in [2.05, 4.69) is 5.32 Å². The van der Waals surface area contributed by atoms with E-state index in [0.29, 0.717) is 0 Å². The largest absolute Gasteiger partial charge is 0.396 e. The van der Waals surface area contributed by atoms with Crippen molar-refractivity contribution < 1.29 is 54.7 Å². The van der Waals surface area contributed by atoms with Gasteiger partial charge in [-0.1, -0.05) is 0 Å². The standard InChI is InChI=1S/C21H43N5O11/c1-26-11-14(30)18-10(34-21(11)37-19(33)16(32)12(28)6(22)2-3-27)5-9(25)20(36-18)35-17-8(24)4-7(23)13(29)15(17)31/h6-21,26-33H,2-5,22-25H2,1H3/t6-,7-,8?,9?,10+,11?,12?,13?,14?,15?,16?,17-,18?,19-,20+,21?/m1/s1. The fourth-order valence-corrected chi connectivity index (χ4v) is 5.05. The molecule has 16 nitrogen and oxygen atoms in total. The van der Waals surface area contributed by atoms with E-state index in [-0.39, 0.29) is 25.9 Å². The predicted molar refractivity (Wildman–Crippen MR) is 125 cm³/mol. The van der Waals surface area contributed by atoms with E-state index in [1.54, 1.807) is 0 Å². The van der Waals surface area contributed by atoms with Crippen LogP contribution in [0.4, 0.5) is 0 Å². The summed E-state index contributed by atoms with van der Waals surface area (Å²) >= 11 is 0. The van der Waals surface area contributed by atoms with Gasteiger partial charge in [0.2, 0.25) is 0 Å². The lowest BCUT2D eigenvalue weighted by Gasteiger charge is -2.50. The molecule has 10 unspecified atom stereocenters. The summed E-state index contributed by atoms with van der Waals surface area (Å²) in [5, 5.41) is 74.0. The molecule has 0 bridgehead atoms. The van der Waals surface area contributed by atoms with E-state index in [9.17, 15) is 30.6 Å². The molecule has 16 N–H and O–H groups in total. The summed E-state index contributed by atoms with van der Waals surface area (Å²) < 4.78 is 23.1. The second kappa shape index (κ2) is 13.1. The maximum absolute atomic E-state index is 11.0. The Labute approximate surface area is 214 Å². The number of ether oxygens (including phenoxy) is 4. The third-order valence-corrected chi connectivity index (χ3v) is 7.35. The Bertz CT molecular complexity index is 714. The van der Waals surface area contributed by atoms with Gasteiger partial charge in [-0.25, -0.2) is 0 Å². The molecule has 0 spiro atoms. The van der Waals surface area contributed by atoms with Gasteiger partial charge >= 0.3 is 0 Å². The summed E-state index contributed by atoms with van der Waals surface area (Å²) in [6.07, 6.45) is -14.1. The lowest BCUT2D eigenvalue weighted by atomic mass is 9.84. The first-order valence-electron chi connectivity index (χ1n) is 12.4. The lowest BCUT2D eigenvalue weighted by molar-refractivity contribution is -0.357.